The molecule has 29 heavy (non-hydrogen) atoms. The van der Waals surface area contributed by atoms with Gasteiger partial charge >= 0.3 is 0 Å². The predicted octanol–water partition coefficient (Wildman–Crippen LogP) is 4.75. The van der Waals surface area contributed by atoms with Crippen LogP contribution in [0, 0.1) is 0 Å². The number of alkyl halides is 1. The Labute approximate surface area is 182 Å². The fourth-order valence-electron chi connectivity index (χ4n) is 4.35. The van der Waals surface area contributed by atoms with Gasteiger partial charge in [-0.1, -0.05) is 20.3 Å². The first kappa shape index (κ1) is 20.9. The van der Waals surface area contributed by atoms with Crippen molar-refractivity contribution in [2.45, 2.75) is 70.6 Å². The topological polar surface area (TPSA) is 49.3 Å². The van der Waals surface area contributed by atoms with Crippen LogP contribution in [0.1, 0.15) is 68.6 Å². The number of carbonyl (C=O) groups is 1. The van der Waals surface area contributed by atoms with Crippen LogP contribution in [-0.4, -0.2) is 52.3 Å². The number of halogens is 1. The average Bonchev–Trinajstić information content (AvgIpc) is 2.92. The Balaban J connectivity index is 1.72. The summed E-state index contributed by atoms with van der Waals surface area (Å²) >= 11 is 7.90. The van der Waals surface area contributed by atoms with Crippen LogP contribution in [0.2, 0.25) is 0 Å². The number of anilines is 1. The van der Waals surface area contributed by atoms with Gasteiger partial charge in [-0.15, -0.1) is 22.9 Å². The van der Waals surface area contributed by atoms with Crippen molar-refractivity contribution in [1.82, 2.24) is 14.9 Å². The van der Waals surface area contributed by atoms with Crippen molar-refractivity contribution < 1.29 is 4.79 Å². The monoisotopic (exact) mass is 434 g/mol. The summed E-state index contributed by atoms with van der Waals surface area (Å²) in [6.07, 6.45) is 7.17. The second-order valence-corrected chi connectivity index (χ2v) is 10.1. The van der Waals surface area contributed by atoms with E-state index in [-0.39, 0.29) is 5.91 Å². The number of nitrogens with zero attached hydrogens (tertiary/aromatic N) is 4. The Morgan fingerprint density at radius 2 is 1.83 bits per heavy atom. The SMILES string of the molecule is CC[C@H](C)c1nc(N2CCN(C(=O)[C@H](C)Cl)CC2)c2c3c(sc2n1)CCCCC3. The first-order valence-electron chi connectivity index (χ1n) is 11.0. The molecule has 0 radical (unpaired) electrons. The minimum absolute atomic E-state index is 0.0313. The molecule has 1 fully saturated rings. The fourth-order valence-corrected chi connectivity index (χ4v) is 5.75. The molecule has 7 heteroatoms. The number of piperazine rings is 1. The summed E-state index contributed by atoms with van der Waals surface area (Å²) in [5, 5.41) is 0.821. The zero-order valence-corrected chi connectivity index (χ0v) is 19.3. The summed E-state index contributed by atoms with van der Waals surface area (Å²) < 4.78 is 0. The van der Waals surface area contributed by atoms with Crippen LogP contribution < -0.4 is 4.90 Å². The molecule has 0 saturated carbocycles. The van der Waals surface area contributed by atoms with Gasteiger partial charge in [-0.2, -0.15) is 0 Å². The number of aromatic nitrogens is 2. The fraction of sp³-hybridized carbons (Fsp3) is 0.682. The molecule has 1 amide bonds. The molecular formula is C22H31ClN4OS. The molecule has 1 aliphatic carbocycles. The highest BCUT2D eigenvalue weighted by atomic mass is 35.5. The van der Waals surface area contributed by atoms with Gasteiger partial charge in [-0.3, -0.25) is 4.79 Å². The number of hydrogen-bond donors (Lipinski definition) is 0. The lowest BCUT2D eigenvalue weighted by atomic mass is 10.1. The van der Waals surface area contributed by atoms with Crippen LogP contribution in [0.25, 0.3) is 10.2 Å². The maximum Gasteiger partial charge on any atom is 0.240 e. The molecule has 0 aromatic carbocycles. The Morgan fingerprint density at radius 3 is 2.52 bits per heavy atom. The highest BCUT2D eigenvalue weighted by molar-refractivity contribution is 7.19. The number of hydrogen-bond acceptors (Lipinski definition) is 5. The molecule has 3 heterocycles. The molecule has 4 rings (SSSR count). The number of fused-ring (bicyclic) bond motifs is 3. The van der Waals surface area contributed by atoms with Gasteiger partial charge in [-0.05, 0) is 44.6 Å². The Kier molecular flexibility index (Phi) is 6.30. The average molecular weight is 435 g/mol. The van der Waals surface area contributed by atoms with Crippen LogP contribution in [0.3, 0.4) is 0 Å². The van der Waals surface area contributed by atoms with Crippen molar-refractivity contribution in [3.63, 3.8) is 0 Å². The molecule has 2 aromatic rings. The second-order valence-electron chi connectivity index (χ2n) is 8.39. The normalized spacial score (nSPS) is 19.7. The maximum atomic E-state index is 12.3. The molecule has 2 aliphatic rings. The number of amides is 1. The van der Waals surface area contributed by atoms with Crippen LogP contribution in [0.15, 0.2) is 0 Å². The van der Waals surface area contributed by atoms with Gasteiger partial charge < -0.3 is 9.80 Å². The van der Waals surface area contributed by atoms with Crippen LogP contribution in [0.5, 0.6) is 0 Å². The van der Waals surface area contributed by atoms with Crippen molar-refractivity contribution >= 4 is 44.9 Å². The maximum absolute atomic E-state index is 12.3. The van der Waals surface area contributed by atoms with E-state index < -0.39 is 5.38 Å². The molecule has 0 N–H and O–H groups in total. The summed E-state index contributed by atoms with van der Waals surface area (Å²) in [7, 11) is 0. The Hall–Kier alpha value is -1.40. The molecule has 0 bridgehead atoms. The van der Waals surface area contributed by atoms with E-state index in [2.05, 4.69) is 18.7 Å². The molecule has 1 saturated heterocycles. The van der Waals surface area contributed by atoms with Crippen molar-refractivity contribution in [3.05, 3.63) is 16.3 Å². The molecule has 2 atom stereocenters. The summed E-state index contributed by atoms with van der Waals surface area (Å²) in [6, 6.07) is 0. The number of thiophene rings is 1. The van der Waals surface area contributed by atoms with Crippen LogP contribution >= 0.6 is 22.9 Å². The van der Waals surface area contributed by atoms with Gasteiger partial charge in [0.2, 0.25) is 5.91 Å². The van der Waals surface area contributed by atoms with E-state index in [9.17, 15) is 4.79 Å². The summed E-state index contributed by atoms with van der Waals surface area (Å²) in [5.41, 5.74) is 1.49. The highest BCUT2D eigenvalue weighted by Crippen LogP contribution is 2.40. The Bertz CT molecular complexity index is 889. The van der Waals surface area contributed by atoms with Crippen molar-refractivity contribution in [2.24, 2.45) is 0 Å². The molecular weight excluding hydrogens is 404 g/mol. The molecule has 1 aliphatic heterocycles. The third kappa shape index (κ3) is 4.11. The minimum atomic E-state index is -0.461. The summed E-state index contributed by atoms with van der Waals surface area (Å²) in [4.78, 5) is 29.3. The predicted molar refractivity (Wildman–Crippen MR) is 121 cm³/mol. The summed E-state index contributed by atoms with van der Waals surface area (Å²) in [5.74, 6) is 2.43. The molecule has 0 spiro atoms. The van der Waals surface area contributed by atoms with E-state index in [4.69, 9.17) is 21.6 Å². The van der Waals surface area contributed by atoms with Crippen molar-refractivity contribution in [2.75, 3.05) is 31.1 Å². The first-order chi connectivity index (χ1) is 14.0. The first-order valence-corrected chi connectivity index (χ1v) is 12.2. The lowest BCUT2D eigenvalue weighted by molar-refractivity contribution is -0.130. The van der Waals surface area contributed by atoms with Gasteiger partial charge in [0, 0.05) is 37.0 Å². The number of aryl methyl sites for hydroxylation is 2. The number of carbonyl (C=O) groups excluding carboxylic acids is 1. The van der Waals surface area contributed by atoms with E-state index in [1.807, 2.05) is 16.2 Å². The van der Waals surface area contributed by atoms with Crippen molar-refractivity contribution in [3.8, 4) is 0 Å². The quantitative estimate of drug-likeness (QED) is 0.514. The van der Waals surface area contributed by atoms with E-state index in [0.29, 0.717) is 19.0 Å². The Morgan fingerprint density at radius 1 is 1.10 bits per heavy atom. The van der Waals surface area contributed by atoms with E-state index in [0.717, 1.165) is 42.4 Å². The molecule has 158 valence electrons. The third-order valence-corrected chi connectivity index (χ3v) is 7.72. The standard InChI is InChI=1S/C22H31ClN4OS/c1-4-14(2)19-24-20(26-10-12-27(13-11-26)22(28)15(3)23)18-16-8-6-5-7-9-17(16)29-21(18)25-19/h14-15H,4-13H2,1-3H3/t14-,15-/m0/s1. The van der Waals surface area contributed by atoms with Crippen molar-refractivity contribution in [1.29, 1.82) is 0 Å². The lowest BCUT2D eigenvalue weighted by Gasteiger charge is -2.36. The van der Waals surface area contributed by atoms with E-state index in [1.54, 1.807) is 6.92 Å². The highest BCUT2D eigenvalue weighted by Gasteiger charge is 2.28. The molecule has 2 aromatic heterocycles. The largest absolute Gasteiger partial charge is 0.352 e. The van der Waals surface area contributed by atoms with Gasteiger partial charge in [0.15, 0.2) is 0 Å². The van der Waals surface area contributed by atoms with Gasteiger partial charge in [0.05, 0.1) is 5.39 Å². The zero-order valence-electron chi connectivity index (χ0n) is 17.7. The zero-order chi connectivity index (χ0) is 20.5. The van der Waals surface area contributed by atoms with Crippen LogP contribution in [-0.2, 0) is 17.6 Å². The molecule has 5 nitrogen and oxygen atoms in total. The summed E-state index contributed by atoms with van der Waals surface area (Å²) in [6.45, 7) is 9.15. The minimum Gasteiger partial charge on any atom is -0.352 e. The van der Waals surface area contributed by atoms with Crippen LogP contribution in [0.4, 0.5) is 5.82 Å². The second kappa shape index (κ2) is 8.76. The number of rotatable bonds is 4. The third-order valence-electron chi connectivity index (χ3n) is 6.35. The van der Waals surface area contributed by atoms with Gasteiger partial charge in [0.25, 0.3) is 0 Å². The van der Waals surface area contributed by atoms with Gasteiger partial charge in [0.1, 0.15) is 21.8 Å². The lowest BCUT2D eigenvalue weighted by Crippen LogP contribution is -2.50. The van der Waals surface area contributed by atoms with E-state index in [1.165, 1.54) is 41.5 Å². The smallest absolute Gasteiger partial charge is 0.240 e. The molecule has 0 unspecified atom stereocenters. The van der Waals surface area contributed by atoms with Gasteiger partial charge in [-0.25, -0.2) is 9.97 Å². The van der Waals surface area contributed by atoms with E-state index >= 15 is 0 Å².